The van der Waals surface area contributed by atoms with E-state index in [2.05, 4.69) is 38.5 Å². The summed E-state index contributed by atoms with van der Waals surface area (Å²) in [6, 6.07) is 16.7. The lowest BCUT2D eigenvalue weighted by Crippen LogP contribution is -2.39. The number of nitrogens with zero attached hydrogens (tertiary/aromatic N) is 2. The molecule has 2 aromatic carbocycles. The summed E-state index contributed by atoms with van der Waals surface area (Å²) in [7, 11) is 0. The van der Waals surface area contributed by atoms with Gasteiger partial charge in [-0.1, -0.05) is 63.7 Å². The van der Waals surface area contributed by atoms with E-state index in [1.54, 1.807) is 11.5 Å². The first-order valence-corrected chi connectivity index (χ1v) is 15.8. The summed E-state index contributed by atoms with van der Waals surface area (Å²) in [6.45, 7) is 5.93. The molecule has 39 heavy (non-hydrogen) atoms. The molecule has 10 heteroatoms. The second-order valence-corrected chi connectivity index (χ2v) is 13.0. The summed E-state index contributed by atoms with van der Waals surface area (Å²) in [6.07, 6.45) is 1.81. The molecule has 4 aromatic rings. The summed E-state index contributed by atoms with van der Waals surface area (Å²) in [5.41, 5.74) is 2.21. The third kappa shape index (κ3) is 5.70. The van der Waals surface area contributed by atoms with E-state index in [9.17, 15) is 9.59 Å². The van der Waals surface area contributed by atoms with Crippen molar-refractivity contribution in [1.82, 2.24) is 4.57 Å². The average molecular weight is 735 g/mol. The molecule has 2 aromatic heterocycles. The molecule has 6 nitrogen and oxygen atoms in total. The van der Waals surface area contributed by atoms with Gasteiger partial charge in [0.1, 0.15) is 11.8 Å². The lowest BCUT2D eigenvalue weighted by atomic mass is 9.97. The van der Waals surface area contributed by atoms with Gasteiger partial charge < -0.3 is 9.47 Å². The van der Waals surface area contributed by atoms with E-state index in [1.165, 1.54) is 22.7 Å². The van der Waals surface area contributed by atoms with Crippen LogP contribution in [0.2, 0.25) is 0 Å². The number of esters is 1. The zero-order valence-electron chi connectivity index (χ0n) is 21.3. The van der Waals surface area contributed by atoms with Gasteiger partial charge in [0.2, 0.25) is 0 Å². The minimum absolute atomic E-state index is 0.0348. The van der Waals surface area contributed by atoms with Crippen LogP contribution >= 0.6 is 61.2 Å². The van der Waals surface area contributed by atoms with Crippen LogP contribution in [0, 0.1) is 3.57 Å². The van der Waals surface area contributed by atoms with Gasteiger partial charge in [-0.05, 0) is 73.0 Å². The van der Waals surface area contributed by atoms with Crippen molar-refractivity contribution in [3.8, 4) is 5.75 Å². The van der Waals surface area contributed by atoms with Crippen LogP contribution in [-0.4, -0.2) is 23.2 Å². The molecule has 0 saturated carbocycles. The highest BCUT2D eigenvalue weighted by Gasteiger charge is 2.35. The SMILES string of the molecule is CCOC(=O)C1=C(c2ccccc2)N=c2s/c(=C\c3cc(Br)cc(I)c3OC(C)C)c(=O)n2[C@H]1c1cccs1. The molecule has 5 rings (SSSR count). The van der Waals surface area contributed by atoms with Gasteiger partial charge in [-0.3, -0.25) is 9.36 Å². The number of fused-ring (bicyclic) bond motifs is 1. The van der Waals surface area contributed by atoms with E-state index in [-0.39, 0.29) is 18.3 Å². The smallest absolute Gasteiger partial charge is 0.338 e. The molecular formula is C29H24BrIN2O4S2. The van der Waals surface area contributed by atoms with Gasteiger partial charge in [-0.15, -0.1) is 11.3 Å². The van der Waals surface area contributed by atoms with E-state index in [0.29, 0.717) is 26.4 Å². The van der Waals surface area contributed by atoms with E-state index in [0.717, 1.165) is 24.0 Å². The van der Waals surface area contributed by atoms with Gasteiger partial charge in [0, 0.05) is 20.5 Å². The van der Waals surface area contributed by atoms with Crippen LogP contribution in [0.4, 0.5) is 0 Å². The van der Waals surface area contributed by atoms with Crippen molar-refractivity contribution in [3.05, 3.63) is 109 Å². The largest absolute Gasteiger partial charge is 0.489 e. The molecule has 3 heterocycles. The highest BCUT2D eigenvalue weighted by molar-refractivity contribution is 14.1. The van der Waals surface area contributed by atoms with Crippen molar-refractivity contribution in [1.29, 1.82) is 0 Å². The molecule has 1 atom stereocenters. The topological polar surface area (TPSA) is 69.9 Å². The number of hydrogen-bond donors (Lipinski definition) is 0. The number of ether oxygens (including phenoxy) is 2. The predicted molar refractivity (Wildman–Crippen MR) is 168 cm³/mol. The Kier molecular flexibility index (Phi) is 8.55. The third-order valence-electron chi connectivity index (χ3n) is 5.86. The number of carbonyl (C=O) groups excluding carboxylic acids is 1. The van der Waals surface area contributed by atoms with Gasteiger partial charge in [0.25, 0.3) is 5.56 Å². The molecular weight excluding hydrogens is 711 g/mol. The normalized spacial score (nSPS) is 15.3. The van der Waals surface area contributed by atoms with Crippen molar-refractivity contribution in [2.75, 3.05) is 6.61 Å². The molecule has 1 aliphatic rings. The van der Waals surface area contributed by atoms with Crippen LogP contribution in [0.15, 0.2) is 79.8 Å². The molecule has 0 saturated heterocycles. The third-order valence-corrected chi connectivity index (χ3v) is 9.03. The van der Waals surface area contributed by atoms with E-state index >= 15 is 0 Å². The number of halogens is 2. The summed E-state index contributed by atoms with van der Waals surface area (Å²) in [4.78, 5) is 33.8. The second kappa shape index (κ2) is 11.9. The van der Waals surface area contributed by atoms with Gasteiger partial charge in [0.05, 0.1) is 32.1 Å². The van der Waals surface area contributed by atoms with Crippen LogP contribution in [0.5, 0.6) is 5.75 Å². The summed E-state index contributed by atoms with van der Waals surface area (Å²) >= 11 is 8.60. The summed E-state index contributed by atoms with van der Waals surface area (Å²) in [5.74, 6) is 0.230. The molecule has 0 bridgehead atoms. The Bertz CT molecular complexity index is 1740. The molecule has 200 valence electrons. The standard InChI is InChI=1S/C29H24BrIN2O4S2/c1-4-36-28(35)23-24(17-9-6-5-7-10-17)32-29-33(25(23)21-11-8-12-38-21)27(34)22(39-29)14-18-13-19(30)15-20(31)26(18)37-16(2)3/h5-16,25H,4H2,1-3H3/b22-14-/t25-/m0/s1. The molecule has 0 amide bonds. The number of hydrogen-bond acceptors (Lipinski definition) is 7. The fraction of sp³-hybridized carbons (Fsp3) is 0.207. The van der Waals surface area contributed by atoms with Crippen LogP contribution in [0.1, 0.15) is 42.8 Å². The maximum atomic E-state index is 14.1. The van der Waals surface area contributed by atoms with Gasteiger partial charge >= 0.3 is 5.97 Å². The van der Waals surface area contributed by atoms with E-state index in [4.69, 9.17) is 14.5 Å². The number of thiophene rings is 1. The molecule has 0 N–H and O–H groups in total. The van der Waals surface area contributed by atoms with Crippen molar-refractivity contribution in [3.63, 3.8) is 0 Å². The fourth-order valence-corrected chi connectivity index (χ4v) is 7.84. The molecule has 0 spiro atoms. The zero-order valence-corrected chi connectivity index (χ0v) is 26.7. The number of aromatic nitrogens is 1. The Balaban J connectivity index is 1.81. The quantitative estimate of drug-likeness (QED) is 0.169. The fourth-order valence-electron chi connectivity index (χ4n) is 4.35. The van der Waals surface area contributed by atoms with Crippen LogP contribution in [-0.2, 0) is 9.53 Å². The van der Waals surface area contributed by atoms with Gasteiger partial charge in [0.15, 0.2) is 4.80 Å². The van der Waals surface area contributed by atoms with Crippen molar-refractivity contribution in [2.24, 2.45) is 4.99 Å². The molecule has 0 radical (unpaired) electrons. The van der Waals surface area contributed by atoms with Crippen LogP contribution in [0.3, 0.4) is 0 Å². The molecule has 1 aliphatic heterocycles. The molecule has 0 unspecified atom stereocenters. The minimum Gasteiger partial charge on any atom is -0.489 e. The zero-order chi connectivity index (χ0) is 27.7. The Hall–Kier alpha value is -2.54. The van der Waals surface area contributed by atoms with Crippen molar-refractivity contribution in [2.45, 2.75) is 32.9 Å². The maximum Gasteiger partial charge on any atom is 0.338 e. The van der Waals surface area contributed by atoms with E-state index < -0.39 is 12.0 Å². The average Bonchev–Trinajstić information content (AvgIpc) is 3.54. The second-order valence-electron chi connectivity index (χ2n) is 8.92. The van der Waals surface area contributed by atoms with Crippen LogP contribution < -0.4 is 19.6 Å². The van der Waals surface area contributed by atoms with Crippen molar-refractivity contribution < 1.29 is 14.3 Å². The maximum absolute atomic E-state index is 14.1. The number of thiazole rings is 1. The number of benzene rings is 2. The van der Waals surface area contributed by atoms with Crippen LogP contribution in [0.25, 0.3) is 11.8 Å². The Morgan fingerprint density at radius 2 is 1.97 bits per heavy atom. The first-order chi connectivity index (χ1) is 18.8. The Labute approximate surface area is 255 Å². The lowest BCUT2D eigenvalue weighted by molar-refractivity contribution is -0.138. The Morgan fingerprint density at radius 3 is 2.64 bits per heavy atom. The van der Waals surface area contributed by atoms with E-state index in [1.807, 2.05) is 79.9 Å². The molecule has 0 fully saturated rings. The van der Waals surface area contributed by atoms with Crippen molar-refractivity contribution >= 4 is 78.9 Å². The lowest BCUT2D eigenvalue weighted by Gasteiger charge is -2.24. The highest BCUT2D eigenvalue weighted by atomic mass is 127. The summed E-state index contributed by atoms with van der Waals surface area (Å²) in [5, 5.41) is 1.94. The van der Waals surface area contributed by atoms with Gasteiger partial charge in [-0.25, -0.2) is 9.79 Å². The Morgan fingerprint density at radius 1 is 1.21 bits per heavy atom. The monoisotopic (exact) mass is 734 g/mol. The predicted octanol–water partition coefficient (Wildman–Crippen LogP) is 6.15. The van der Waals surface area contributed by atoms with Gasteiger partial charge in [-0.2, -0.15) is 0 Å². The number of rotatable bonds is 7. The first-order valence-electron chi connectivity index (χ1n) is 12.3. The first kappa shape index (κ1) is 28.0. The molecule has 0 aliphatic carbocycles. The number of carbonyl (C=O) groups is 1. The summed E-state index contributed by atoms with van der Waals surface area (Å²) < 4.78 is 15.6. The minimum atomic E-state index is -0.660. The highest BCUT2D eigenvalue weighted by Crippen LogP contribution is 2.37.